The number of carbonyl (C=O) groups excluding carboxylic acids is 1. The van der Waals surface area contributed by atoms with Crippen LogP contribution in [0.5, 0.6) is 11.5 Å². The third kappa shape index (κ3) is 5.03. The van der Waals surface area contributed by atoms with Crippen molar-refractivity contribution in [3.8, 4) is 17.6 Å². The molecule has 0 saturated carbocycles. The molecule has 0 aliphatic heterocycles. The molecular formula is C19H11Br3ClFN4O2. The lowest BCUT2D eigenvalue weighted by Gasteiger charge is -2.14. The van der Waals surface area contributed by atoms with Gasteiger partial charge in [0, 0.05) is 21.6 Å². The van der Waals surface area contributed by atoms with Crippen LogP contribution < -0.4 is 10.1 Å². The summed E-state index contributed by atoms with van der Waals surface area (Å²) in [6, 6.07) is 7.87. The molecule has 0 saturated heterocycles. The van der Waals surface area contributed by atoms with Gasteiger partial charge in [0.25, 0.3) is 5.91 Å². The Morgan fingerprint density at radius 1 is 1.33 bits per heavy atom. The van der Waals surface area contributed by atoms with E-state index in [1.807, 2.05) is 6.07 Å². The van der Waals surface area contributed by atoms with Gasteiger partial charge in [-0.3, -0.25) is 4.79 Å². The van der Waals surface area contributed by atoms with Crippen LogP contribution in [-0.4, -0.2) is 15.9 Å². The number of hydrogen-bond donors (Lipinski definition) is 2. The van der Waals surface area contributed by atoms with E-state index in [0.717, 1.165) is 0 Å². The predicted molar refractivity (Wildman–Crippen MR) is 120 cm³/mol. The number of ether oxygens (including phenoxy) is 1. The Morgan fingerprint density at radius 2 is 2.07 bits per heavy atom. The van der Waals surface area contributed by atoms with Crippen LogP contribution in [0.4, 0.5) is 4.39 Å². The number of nitriles is 1. The van der Waals surface area contributed by atoms with Gasteiger partial charge in [0.2, 0.25) is 0 Å². The SMILES string of the molecule is Cc1nc(Br)c(C(=O)NCc2cc(Br)c(Br)c(Oc3cc(Cl)cc(C#N)c3)c2F)[nH]1. The number of carbonyl (C=O) groups is 1. The highest BCUT2D eigenvalue weighted by Gasteiger charge is 2.20. The lowest BCUT2D eigenvalue weighted by molar-refractivity contribution is 0.0945. The van der Waals surface area contributed by atoms with Crippen molar-refractivity contribution in [2.45, 2.75) is 13.5 Å². The van der Waals surface area contributed by atoms with Gasteiger partial charge in [-0.2, -0.15) is 5.26 Å². The van der Waals surface area contributed by atoms with Crippen LogP contribution in [0.25, 0.3) is 0 Å². The van der Waals surface area contributed by atoms with Crippen LogP contribution in [0.1, 0.15) is 27.4 Å². The van der Waals surface area contributed by atoms with E-state index in [9.17, 15) is 4.79 Å². The number of nitrogens with zero attached hydrogens (tertiary/aromatic N) is 2. The average molecular weight is 621 g/mol. The van der Waals surface area contributed by atoms with Crippen molar-refractivity contribution in [1.29, 1.82) is 5.26 Å². The fourth-order valence-corrected chi connectivity index (χ4v) is 4.13. The van der Waals surface area contributed by atoms with E-state index < -0.39 is 11.7 Å². The maximum absolute atomic E-state index is 15.2. The van der Waals surface area contributed by atoms with Gasteiger partial charge in [-0.05, 0) is 79.0 Å². The zero-order valence-electron chi connectivity index (χ0n) is 15.1. The van der Waals surface area contributed by atoms with Crippen molar-refractivity contribution in [3.05, 3.63) is 71.3 Å². The predicted octanol–water partition coefficient (Wildman–Crippen LogP) is 6.39. The molecule has 2 N–H and O–H groups in total. The quantitative estimate of drug-likeness (QED) is 0.323. The molecule has 2 aromatic carbocycles. The van der Waals surface area contributed by atoms with Crippen molar-refractivity contribution < 1.29 is 13.9 Å². The Hall–Kier alpha value is -1.93. The summed E-state index contributed by atoms with van der Waals surface area (Å²) in [4.78, 5) is 19.3. The van der Waals surface area contributed by atoms with Gasteiger partial charge in [-0.15, -0.1) is 0 Å². The molecule has 0 fully saturated rings. The molecule has 0 bridgehead atoms. The second-order valence-corrected chi connectivity index (χ2v) is 8.87. The number of H-pyrrole nitrogens is 1. The molecule has 30 heavy (non-hydrogen) atoms. The van der Waals surface area contributed by atoms with E-state index in [2.05, 4.69) is 63.1 Å². The molecule has 0 aliphatic carbocycles. The molecule has 0 unspecified atom stereocenters. The first-order valence-electron chi connectivity index (χ1n) is 8.24. The molecule has 1 aromatic heterocycles. The summed E-state index contributed by atoms with van der Waals surface area (Å²) in [7, 11) is 0. The fourth-order valence-electron chi connectivity index (χ4n) is 2.53. The molecular weight excluding hydrogens is 610 g/mol. The monoisotopic (exact) mass is 618 g/mol. The highest BCUT2D eigenvalue weighted by molar-refractivity contribution is 9.13. The molecule has 0 aliphatic rings. The van der Waals surface area contributed by atoms with Crippen molar-refractivity contribution in [1.82, 2.24) is 15.3 Å². The number of aromatic nitrogens is 2. The Balaban J connectivity index is 1.88. The van der Waals surface area contributed by atoms with E-state index in [-0.39, 0.29) is 39.9 Å². The van der Waals surface area contributed by atoms with Crippen LogP contribution in [0.15, 0.2) is 37.8 Å². The standard InChI is InChI=1S/C19H11Br3ClFN4O2/c1-8-27-16(18(22)28-8)19(29)26-7-10-4-13(20)14(21)17(15(10)24)30-12-3-9(6-25)2-11(23)5-12/h2-5H,7H2,1H3,(H,26,29)(H,27,28). The average Bonchev–Trinajstić information content (AvgIpc) is 3.04. The molecule has 0 radical (unpaired) electrons. The maximum Gasteiger partial charge on any atom is 0.270 e. The summed E-state index contributed by atoms with van der Waals surface area (Å²) in [5, 5.41) is 12.0. The van der Waals surface area contributed by atoms with Crippen molar-refractivity contribution >= 4 is 65.3 Å². The normalized spacial score (nSPS) is 10.6. The number of nitrogens with one attached hydrogen (secondary N) is 2. The Labute approximate surface area is 201 Å². The molecule has 0 atom stereocenters. The Bertz CT molecular complexity index is 1190. The van der Waals surface area contributed by atoms with Crippen LogP contribution in [-0.2, 0) is 6.54 Å². The van der Waals surface area contributed by atoms with Crippen LogP contribution in [0, 0.1) is 24.1 Å². The third-order valence-corrected chi connectivity index (χ3v) is 6.59. The van der Waals surface area contributed by atoms with Gasteiger partial charge in [-0.25, -0.2) is 9.37 Å². The molecule has 1 heterocycles. The third-order valence-electron chi connectivity index (χ3n) is 3.86. The molecule has 6 nitrogen and oxygen atoms in total. The van der Waals surface area contributed by atoms with Gasteiger partial charge in [-0.1, -0.05) is 11.6 Å². The second kappa shape index (κ2) is 9.47. The van der Waals surface area contributed by atoms with Gasteiger partial charge in [0.1, 0.15) is 21.9 Å². The van der Waals surface area contributed by atoms with Crippen molar-refractivity contribution in [2.24, 2.45) is 0 Å². The number of halogens is 5. The summed E-state index contributed by atoms with van der Waals surface area (Å²) in [5.41, 5.74) is 0.698. The highest BCUT2D eigenvalue weighted by atomic mass is 79.9. The van der Waals surface area contributed by atoms with E-state index >= 15 is 4.39 Å². The smallest absolute Gasteiger partial charge is 0.270 e. The first-order chi connectivity index (χ1) is 14.2. The van der Waals surface area contributed by atoms with E-state index in [1.165, 1.54) is 24.3 Å². The zero-order chi connectivity index (χ0) is 22.0. The van der Waals surface area contributed by atoms with Crippen LogP contribution in [0.3, 0.4) is 0 Å². The van der Waals surface area contributed by atoms with E-state index in [1.54, 1.807) is 6.92 Å². The number of rotatable bonds is 5. The number of amides is 1. The maximum atomic E-state index is 15.2. The van der Waals surface area contributed by atoms with E-state index in [0.29, 0.717) is 19.4 Å². The molecule has 154 valence electrons. The first-order valence-corrected chi connectivity index (χ1v) is 11.0. The number of aryl methyl sites for hydroxylation is 1. The molecule has 3 aromatic rings. The summed E-state index contributed by atoms with van der Waals surface area (Å²) in [6.07, 6.45) is 0. The fraction of sp³-hybridized carbons (Fsp3) is 0.105. The topological polar surface area (TPSA) is 90.8 Å². The summed E-state index contributed by atoms with van der Waals surface area (Å²) < 4.78 is 22.1. The minimum atomic E-state index is -0.677. The first kappa shape index (κ1) is 22.7. The summed E-state index contributed by atoms with van der Waals surface area (Å²) in [5.74, 6) is -0.471. The number of imidazole rings is 1. The lowest BCUT2D eigenvalue weighted by atomic mass is 10.2. The van der Waals surface area contributed by atoms with Crippen molar-refractivity contribution in [2.75, 3.05) is 0 Å². The van der Waals surface area contributed by atoms with Gasteiger partial charge in [0.15, 0.2) is 11.6 Å². The largest absolute Gasteiger partial charge is 0.453 e. The van der Waals surface area contributed by atoms with Gasteiger partial charge in [0.05, 0.1) is 16.1 Å². The molecule has 11 heteroatoms. The minimum absolute atomic E-state index is 0.101. The second-order valence-electron chi connectivity index (χ2n) is 6.03. The lowest BCUT2D eigenvalue weighted by Crippen LogP contribution is -2.24. The number of aromatic amines is 1. The van der Waals surface area contributed by atoms with Gasteiger partial charge >= 0.3 is 0 Å². The number of hydrogen-bond acceptors (Lipinski definition) is 4. The zero-order valence-corrected chi connectivity index (χ0v) is 20.6. The summed E-state index contributed by atoms with van der Waals surface area (Å²) in [6.45, 7) is 1.61. The molecule has 3 rings (SSSR count). The number of benzene rings is 2. The van der Waals surface area contributed by atoms with Gasteiger partial charge < -0.3 is 15.0 Å². The van der Waals surface area contributed by atoms with Crippen LogP contribution >= 0.6 is 59.4 Å². The van der Waals surface area contributed by atoms with E-state index in [4.69, 9.17) is 21.6 Å². The molecule has 0 spiro atoms. The highest BCUT2D eigenvalue weighted by Crippen LogP contribution is 2.40. The van der Waals surface area contributed by atoms with Crippen LogP contribution in [0.2, 0.25) is 5.02 Å². The Morgan fingerprint density at radius 3 is 2.70 bits per heavy atom. The molecule has 1 amide bonds. The summed E-state index contributed by atoms with van der Waals surface area (Å²) >= 11 is 15.8. The minimum Gasteiger partial charge on any atom is -0.453 e. The van der Waals surface area contributed by atoms with Crippen molar-refractivity contribution in [3.63, 3.8) is 0 Å². The Kier molecular flexibility index (Phi) is 7.18.